The van der Waals surface area contributed by atoms with E-state index in [-0.39, 0.29) is 6.61 Å². The molecule has 0 spiro atoms. The molecule has 0 aliphatic carbocycles. The summed E-state index contributed by atoms with van der Waals surface area (Å²) in [6.07, 6.45) is 2.25. The molecule has 5 heteroatoms. The van der Waals surface area contributed by atoms with E-state index in [2.05, 4.69) is 30.7 Å². The predicted octanol–water partition coefficient (Wildman–Crippen LogP) is 2.29. The SMILES string of the molecule is CCC(C)c1nc(N2CCCN(C)CC2)sc1CO. The Balaban J connectivity index is 2.17. The zero-order chi connectivity index (χ0) is 13.8. The number of hydrogen-bond donors (Lipinski definition) is 1. The third kappa shape index (κ3) is 3.46. The second-order valence-corrected chi connectivity index (χ2v) is 6.48. The Bertz CT molecular complexity index is 407. The van der Waals surface area contributed by atoms with Crippen LogP contribution in [0.3, 0.4) is 0 Å². The highest BCUT2D eigenvalue weighted by molar-refractivity contribution is 7.15. The number of aliphatic hydroxyl groups is 1. The van der Waals surface area contributed by atoms with Crippen molar-refractivity contribution in [3.8, 4) is 0 Å². The Morgan fingerprint density at radius 3 is 2.79 bits per heavy atom. The van der Waals surface area contributed by atoms with Gasteiger partial charge < -0.3 is 14.9 Å². The Hall–Kier alpha value is -0.650. The quantitative estimate of drug-likeness (QED) is 0.920. The molecule has 1 aromatic heterocycles. The van der Waals surface area contributed by atoms with Crippen molar-refractivity contribution in [2.75, 3.05) is 38.1 Å². The van der Waals surface area contributed by atoms with E-state index in [4.69, 9.17) is 4.98 Å². The fourth-order valence-corrected chi connectivity index (χ4v) is 3.51. The molecule has 1 aliphatic rings. The van der Waals surface area contributed by atoms with Crippen LogP contribution >= 0.6 is 11.3 Å². The number of hydrogen-bond acceptors (Lipinski definition) is 5. The number of likely N-dealkylation sites (N-methyl/N-ethyl adjacent to an activating group) is 1. The lowest BCUT2D eigenvalue weighted by molar-refractivity contribution is 0.283. The number of anilines is 1. The minimum atomic E-state index is 0.116. The lowest BCUT2D eigenvalue weighted by atomic mass is 10.0. The van der Waals surface area contributed by atoms with Gasteiger partial charge in [-0.25, -0.2) is 4.98 Å². The maximum absolute atomic E-state index is 9.52. The van der Waals surface area contributed by atoms with E-state index in [0.717, 1.165) is 48.3 Å². The van der Waals surface area contributed by atoms with Gasteiger partial charge in [0.2, 0.25) is 0 Å². The molecule has 0 saturated carbocycles. The van der Waals surface area contributed by atoms with Crippen molar-refractivity contribution in [1.29, 1.82) is 0 Å². The predicted molar refractivity (Wildman–Crippen MR) is 81.1 cm³/mol. The van der Waals surface area contributed by atoms with Crippen LogP contribution in [0.2, 0.25) is 0 Å². The first-order valence-electron chi connectivity index (χ1n) is 7.19. The van der Waals surface area contributed by atoms with Crippen molar-refractivity contribution in [1.82, 2.24) is 9.88 Å². The van der Waals surface area contributed by atoms with Gasteiger partial charge in [-0.3, -0.25) is 0 Å². The first kappa shape index (κ1) is 14.8. The van der Waals surface area contributed by atoms with E-state index in [9.17, 15) is 5.11 Å². The Morgan fingerprint density at radius 2 is 2.11 bits per heavy atom. The van der Waals surface area contributed by atoms with Crippen LogP contribution in [0.15, 0.2) is 0 Å². The Labute approximate surface area is 120 Å². The van der Waals surface area contributed by atoms with E-state index in [1.54, 1.807) is 11.3 Å². The van der Waals surface area contributed by atoms with Crippen LogP contribution < -0.4 is 4.90 Å². The van der Waals surface area contributed by atoms with Crippen molar-refractivity contribution in [3.05, 3.63) is 10.6 Å². The van der Waals surface area contributed by atoms with Gasteiger partial charge in [-0.2, -0.15) is 0 Å². The smallest absolute Gasteiger partial charge is 0.185 e. The van der Waals surface area contributed by atoms with Gasteiger partial charge >= 0.3 is 0 Å². The van der Waals surface area contributed by atoms with Crippen LogP contribution in [0, 0.1) is 0 Å². The summed E-state index contributed by atoms with van der Waals surface area (Å²) in [5.74, 6) is 0.432. The number of aliphatic hydroxyl groups excluding tert-OH is 1. The molecule has 1 atom stereocenters. The molecule has 1 unspecified atom stereocenters. The molecule has 0 bridgehead atoms. The normalized spacial score (nSPS) is 19.5. The highest BCUT2D eigenvalue weighted by Crippen LogP contribution is 2.32. The average molecular weight is 283 g/mol. The summed E-state index contributed by atoms with van der Waals surface area (Å²) in [4.78, 5) is 10.6. The Morgan fingerprint density at radius 1 is 1.32 bits per heavy atom. The fraction of sp³-hybridized carbons (Fsp3) is 0.786. The largest absolute Gasteiger partial charge is 0.391 e. The van der Waals surface area contributed by atoms with E-state index in [0.29, 0.717) is 5.92 Å². The molecule has 2 rings (SSSR count). The molecule has 108 valence electrons. The minimum Gasteiger partial charge on any atom is -0.391 e. The maximum Gasteiger partial charge on any atom is 0.185 e. The summed E-state index contributed by atoms with van der Waals surface area (Å²) in [5.41, 5.74) is 1.10. The molecule has 0 aromatic carbocycles. The lowest BCUT2D eigenvalue weighted by Crippen LogP contribution is -2.28. The highest BCUT2D eigenvalue weighted by Gasteiger charge is 2.20. The zero-order valence-corrected chi connectivity index (χ0v) is 13.0. The van der Waals surface area contributed by atoms with E-state index >= 15 is 0 Å². The van der Waals surface area contributed by atoms with Crippen LogP contribution in [0.1, 0.15) is 43.2 Å². The molecule has 1 aromatic rings. The first-order chi connectivity index (χ1) is 9.15. The van der Waals surface area contributed by atoms with Crippen LogP contribution in [-0.2, 0) is 6.61 Å². The maximum atomic E-state index is 9.52. The van der Waals surface area contributed by atoms with E-state index in [1.807, 2.05) is 0 Å². The standard InChI is InChI=1S/C14H25N3OS/c1-4-11(2)13-12(10-18)19-14(15-13)17-7-5-6-16(3)8-9-17/h11,18H,4-10H2,1-3H3. The third-order valence-corrected chi connectivity index (χ3v) is 5.05. The molecular formula is C14H25N3OS. The molecular weight excluding hydrogens is 258 g/mol. The van der Waals surface area contributed by atoms with Crippen LogP contribution in [0.25, 0.3) is 0 Å². The number of aromatic nitrogens is 1. The second-order valence-electron chi connectivity index (χ2n) is 5.42. The summed E-state index contributed by atoms with van der Waals surface area (Å²) in [7, 11) is 2.18. The van der Waals surface area contributed by atoms with Crippen molar-refractivity contribution >= 4 is 16.5 Å². The van der Waals surface area contributed by atoms with Crippen molar-refractivity contribution in [2.45, 2.75) is 39.2 Å². The van der Waals surface area contributed by atoms with Gasteiger partial charge in [0.05, 0.1) is 17.2 Å². The second kappa shape index (κ2) is 6.68. The molecule has 1 fully saturated rings. The molecule has 0 amide bonds. The number of thiazole rings is 1. The molecule has 19 heavy (non-hydrogen) atoms. The van der Waals surface area contributed by atoms with E-state index < -0.39 is 0 Å². The molecule has 4 nitrogen and oxygen atoms in total. The monoisotopic (exact) mass is 283 g/mol. The van der Waals surface area contributed by atoms with Gasteiger partial charge in [0.25, 0.3) is 0 Å². The van der Waals surface area contributed by atoms with E-state index in [1.165, 1.54) is 6.42 Å². The minimum absolute atomic E-state index is 0.116. The molecule has 1 saturated heterocycles. The van der Waals surface area contributed by atoms with Crippen molar-refractivity contribution in [3.63, 3.8) is 0 Å². The van der Waals surface area contributed by atoms with Crippen LogP contribution in [-0.4, -0.2) is 48.2 Å². The topological polar surface area (TPSA) is 39.6 Å². The molecule has 1 N–H and O–H groups in total. The number of rotatable bonds is 4. The van der Waals surface area contributed by atoms with Gasteiger partial charge in [-0.05, 0) is 32.4 Å². The summed E-state index contributed by atoms with van der Waals surface area (Å²) >= 11 is 1.67. The summed E-state index contributed by atoms with van der Waals surface area (Å²) in [6.45, 7) is 8.84. The average Bonchev–Trinajstić information content (AvgIpc) is 2.74. The van der Waals surface area contributed by atoms with Crippen LogP contribution in [0.5, 0.6) is 0 Å². The van der Waals surface area contributed by atoms with Gasteiger partial charge in [-0.15, -0.1) is 0 Å². The molecule has 0 radical (unpaired) electrons. The molecule has 1 aliphatic heterocycles. The highest BCUT2D eigenvalue weighted by atomic mass is 32.1. The summed E-state index contributed by atoms with van der Waals surface area (Å²) in [5, 5.41) is 10.6. The summed E-state index contributed by atoms with van der Waals surface area (Å²) in [6, 6.07) is 0. The molecule has 2 heterocycles. The third-order valence-electron chi connectivity index (χ3n) is 3.93. The van der Waals surface area contributed by atoms with Crippen molar-refractivity contribution < 1.29 is 5.11 Å². The number of nitrogens with zero attached hydrogens (tertiary/aromatic N) is 3. The summed E-state index contributed by atoms with van der Waals surface area (Å²) < 4.78 is 0. The van der Waals surface area contributed by atoms with Gasteiger partial charge in [-0.1, -0.05) is 25.2 Å². The van der Waals surface area contributed by atoms with Gasteiger partial charge in [0.1, 0.15) is 0 Å². The zero-order valence-electron chi connectivity index (χ0n) is 12.2. The first-order valence-corrected chi connectivity index (χ1v) is 8.01. The lowest BCUT2D eigenvalue weighted by Gasteiger charge is -2.19. The Kier molecular flexibility index (Phi) is 5.19. The van der Waals surface area contributed by atoms with Gasteiger partial charge in [0.15, 0.2) is 5.13 Å². The van der Waals surface area contributed by atoms with Gasteiger partial charge in [0, 0.05) is 19.6 Å². The van der Waals surface area contributed by atoms with Crippen molar-refractivity contribution in [2.24, 2.45) is 0 Å². The fourth-order valence-electron chi connectivity index (χ4n) is 2.42. The van der Waals surface area contributed by atoms with Crippen LogP contribution in [0.4, 0.5) is 5.13 Å².